The summed E-state index contributed by atoms with van der Waals surface area (Å²) >= 11 is 0. The summed E-state index contributed by atoms with van der Waals surface area (Å²) in [5, 5.41) is 0. The quantitative estimate of drug-likeness (QED) is 0.699. The Labute approximate surface area is 171 Å². The number of methoxy groups -OCH3 is 4. The lowest BCUT2D eigenvalue weighted by Crippen LogP contribution is -2.31. The molecule has 0 radical (unpaired) electrons. The van der Waals surface area contributed by atoms with Crippen molar-refractivity contribution in [3.63, 3.8) is 0 Å². The molecular weight excluding hydrogens is 374 g/mol. The van der Waals surface area contributed by atoms with Crippen LogP contribution in [-0.2, 0) is 17.7 Å². The second kappa shape index (κ2) is 8.94. The average molecular weight is 401 g/mol. The van der Waals surface area contributed by atoms with Crippen LogP contribution in [0.2, 0.25) is 0 Å². The minimum absolute atomic E-state index is 0.193. The van der Waals surface area contributed by atoms with Gasteiger partial charge in [-0.2, -0.15) is 0 Å². The average Bonchev–Trinajstić information content (AvgIpc) is 3.09. The first-order chi connectivity index (χ1) is 14.1. The van der Waals surface area contributed by atoms with Crippen molar-refractivity contribution in [2.45, 2.75) is 25.9 Å². The lowest BCUT2D eigenvalue weighted by Gasteiger charge is -2.25. The van der Waals surface area contributed by atoms with E-state index in [1.165, 1.54) is 0 Å². The summed E-state index contributed by atoms with van der Waals surface area (Å²) in [6.07, 6.45) is 0.258. The van der Waals surface area contributed by atoms with Crippen LogP contribution in [0.4, 0.5) is 4.79 Å². The molecule has 0 bridgehead atoms. The Hall–Kier alpha value is -3.09. The van der Waals surface area contributed by atoms with Crippen molar-refractivity contribution >= 4 is 6.09 Å². The van der Waals surface area contributed by atoms with Gasteiger partial charge in [-0.15, -0.1) is 0 Å². The zero-order valence-electron chi connectivity index (χ0n) is 17.5. The van der Waals surface area contributed by atoms with Crippen molar-refractivity contribution in [1.29, 1.82) is 0 Å². The molecule has 0 fully saturated rings. The fraction of sp³-hybridized carbons (Fsp3) is 0.409. The van der Waals surface area contributed by atoms with E-state index in [1.54, 1.807) is 40.3 Å². The molecule has 156 valence electrons. The van der Waals surface area contributed by atoms with Crippen LogP contribution >= 0.6 is 0 Å². The second-order valence-electron chi connectivity index (χ2n) is 6.64. The molecule has 0 spiro atoms. The normalized spacial score (nSPS) is 14.9. The first-order valence-electron chi connectivity index (χ1n) is 9.45. The van der Waals surface area contributed by atoms with Gasteiger partial charge in [-0.1, -0.05) is 6.07 Å². The topological polar surface area (TPSA) is 66.5 Å². The SMILES string of the molecule is CCOC(=O)N1Cc2cc(OC)c(OC)cc2[C@H]1Cc1ccc(OC)c(OC)c1. The highest BCUT2D eigenvalue weighted by Gasteiger charge is 2.36. The predicted octanol–water partition coefficient (Wildman–Crippen LogP) is 3.98. The van der Waals surface area contributed by atoms with E-state index in [0.717, 1.165) is 16.7 Å². The van der Waals surface area contributed by atoms with E-state index < -0.39 is 0 Å². The number of hydrogen-bond acceptors (Lipinski definition) is 6. The van der Waals surface area contributed by atoms with Crippen molar-refractivity contribution in [2.24, 2.45) is 0 Å². The fourth-order valence-electron chi connectivity index (χ4n) is 3.69. The number of rotatable bonds is 7. The Morgan fingerprint density at radius 3 is 2.17 bits per heavy atom. The van der Waals surface area contributed by atoms with Crippen molar-refractivity contribution in [3.8, 4) is 23.0 Å². The smallest absolute Gasteiger partial charge is 0.410 e. The monoisotopic (exact) mass is 401 g/mol. The van der Waals surface area contributed by atoms with Gasteiger partial charge in [0.2, 0.25) is 0 Å². The number of amides is 1. The van der Waals surface area contributed by atoms with Crippen LogP contribution in [-0.4, -0.2) is 46.0 Å². The highest BCUT2D eigenvalue weighted by molar-refractivity contribution is 5.70. The van der Waals surface area contributed by atoms with E-state index in [1.807, 2.05) is 30.3 Å². The minimum atomic E-state index is -0.341. The first kappa shape index (κ1) is 20.6. The number of carbonyl (C=O) groups excluding carboxylic acids is 1. The molecule has 0 aromatic heterocycles. The highest BCUT2D eigenvalue weighted by Crippen LogP contribution is 2.43. The number of nitrogens with zero attached hydrogens (tertiary/aromatic N) is 1. The molecule has 0 aliphatic carbocycles. The van der Waals surface area contributed by atoms with Crippen LogP contribution in [0, 0.1) is 0 Å². The van der Waals surface area contributed by atoms with Gasteiger partial charge in [0.05, 0.1) is 47.6 Å². The third-order valence-electron chi connectivity index (χ3n) is 5.10. The number of benzene rings is 2. The number of ether oxygens (including phenoxy) is 5. The molecule has 1 aliphatic rings. The van der Waals surface area contributed by atoms with E-state index in [4.69, 9.17) is 23.7 Å². The molecule has 0 saturated carbocycles. The number of carbonyl (C=O) groups is 1. The van der Waals surface area contributed by atoms with Crippen LogP contribution in [0.15, 0.2) is 30.3 Å². The van der Waals surface area contributed by atoms with Gasteiger partial charge >= 0.3 is 6.09 Å². The Balaban J connectivity index is 2.00. The largest absolute Gasteiger partial charge is 0.493 e. The molecule has 2 aromatic carbocycles. The van der Waals surface area contributed by atoms with E-state index in [0.29, 0.717) is 42.6 Å². The molecule has 1 aliphatic heterocycles. The first-order valence-corrected chi connectivity index (χ1v) is 9.45. The summed E-state index contributed by atoms with van der Waals surface area (Å²) < 4.78 is 26.9. The summed E-state index contributed by atoms with van der Waals surface area (Å²) in [4.78, 5) is 14.4. The van der Waals surface area contributed by atoms with Crippen LogP contribution in [0.1, 0.15) is 29.7 Å². The third-order valence-corrected chi connectivity index (χ3v) is 5.10. The van der Waals surface area contributed by atoms with Crippen molar-refractivity contribution in [3.05, 3.63) is 47.0 Å². The molecule has 0 unspecified atom stereocenters. The van der Waals surface area contributed by atoms with Crippen LogP contribution in [0.3, 0.4) is 0 Å². The van der Waals surface area contributed by atoms with E-state index >= 15 is 0 Å². The molecule has 7 heteroatoms. The van der Waals surface area contributed by atoms with Crippen molar-refractivity contribution in [1.82, 2.24) is 4.90 Å². The lowest BCUT2D eigenvalue weighted by molar-refractivity contribution is 0.0931. The standard InChI is InChI=1S/C22H27NO6/c1-6-29-22(24)23-13-15-11-20(27-4)21(28-5)12-16(15)17(23)9-14-7-8-18(25-2)19(10-14)26-3/h7-8,10-12,17H,6,9,13H2,1-5H3/t17-/m1/s1. The van der Waals surface area contributed by atoms with E-state index in [9.17, 15) is 4.79 Å². The van der Waals surface area contributed by atoms with Crippen LogP contribution in [0.25, 0.3) is 0 Å². The maximum absolute atomic E-state index is 12.6. The molecule has 0 N–H and O–H groups in total. The fourth-order valence-corrected chi connectivity index (χ4v) is 3.69. The summed E-state index contributed by atoms with van der Waals surface area (Å²) in [6, 6.07) is 9.45. The Bertz CT molecular complexity index is 882. The minimum Gasteiger partial charge on any atom is -0.493 e. The van der Waals surface area contributed by atoms with Gasteiger partial charge in [0, 0.05) is 0 Å². The summed E-state index contributed by atoms with van der Waals surface area (Å²) in [7, 11) is 6.41. The Morgan fingerprint density at radius 2 is 1.55 bits per heavy atom. The lowest BCUT2D eigenvalue weighted by atomic mass is 9.97. The highest BCUT2D eigenvalue weighted by atomic mass is 16.6. The zero-order valence-corrected chi connectivity index (χ0v) is 17.5. The number of fused-ring (bicyclic) bond motifs is 1. The number of hydrogen-bond donors (Lipinski definition) is 0. The van der Waals surface area contributed by atoms with Gasteiger partial charge in [-0.05, 0) is 54.3 Å². The maximum atomic E-state index is 12.6. The van der Waals surface area contributed by atoms with Crippen LogP contribution < -0.4 is 18.9 Å². The molecule has 1 heterocycles. The van der Waals surface area contributed by atoms with Crippen molar-refractivity contribution < 1.29 is 28.5 Å². The van der Waals surface area contributed by atoms with Gasteiger partial charge < -0.3 is 23.7 Å². The van der Waals surface area contributed by atoms with Crippen LogP contribution in [0.5, 0.6) is 23.0 Å². The molecule has 3 rings (SSSR count). The third kappa shape index (κ3) is 4.04. The second-order valence-corrected chi connectivity index (χ2v) is 6.64. The van der Waals surface area contributed by atoms with E-state index in [2.05, 4.69) is 0 Å². The molecule has 0 saturated heterocycles. The van der Waals surface area contributed by atoms with E-state index in [-0.39, 0.29) is 12.1 Å². The summed E-state index contributed by atoms with van der Waals surface area (Å²) in [5.41, 5.74) is 3.05. The zero-order chi connectivity index (χ0) is 21.0. The molecule has 7 nitrogen and oxygen atoms in total. The Kier molecular flexibility index (Phi) is 6.36. The van der Waals surface area contributed by atoms with Gasteiger partial charge in [0.1, 0.15) is 0 Å². The Morgan fingerprint density at radius 1 is 0.931 bits per heavy atom. The van der Waals surface area contributed by atoms with Gasteiger partial charge in [0.15, 0.2) is 23.0 Å². The van der Waals surface area contributed by atoms with Gasteiger partial charge in [-0.25, -0.2) is 4.79 Å². The van der Waals surface area contributed by atoms with Gasteiger partial charge in [0.25, 0.3) is 0 Å². The molecule has 2 aromatic rings. The maximum Gasteiger partial charge on any atom is 0.410 e. The molecule has 1 atom stereocenters. The van der Waals surface area contributed by atoms with Gasteiger partial charge in [-0.3, -0.25) is 4.90 Å². The molecular formula is C22H27NO6. The molecule has 1 amide bonds. The van der Waals surface area contributed by atoms with Crippen molar-refractivity contribution in [2.75, 3.05) is 35.0 Å². The summed E-state index contributed by atoms with van der Waals surface area (Å²) in [5.74, 6) is 2.59. The summed E-state index contributed by atoms with van der Waals surface area (Å²) in [6.45, 7) is 2.57. The molecule has 29 heavy (non-hydrogen) atoms. The predicted molar refractivity (Wildman–Crippen MR) is 108 cm³/mol.